The van der Waals surface area contributed by atoms with Crippen LogP contribution in [0.1, 0.15) is 39.0 Å². The molecule has 1 aliphatic carbocycles. The normalized spacial score (nSPS) is 24.2. The van der Waals surface area contributed by atoms with Crippen LogP contribution in [0.4, 0.5) is 5.82 Å². The summed E-state index contributed by atoms with van der Waals surface area (Å²) in [6.45, 7) is 4.13. The number of aliphatic imine (C=N–C) groups is 1. The summed E-state index contributed by atoms with van der Waals surface area (Å²) in [7, 11) is 3.51. The molecule has 0 aromatic carbocycles. The van der Waals surface area contributed by atoms with Gasteiger partial charge in [0, 0.05) is 45.5 Å². The Balaban J connectivity index is 0.00000320. The standard InChI is InChI=1S/C21H33ClN6O.HI/c1-15-7-4-5-9-18(15)26-21(24-13-19(29)27(2)3)25-16-10-12-28(14-16)20-17(22)8-6-11-23-20;/h6,8,11,15-16,18H,4-5,7,9-10,12-14H2,1-3H3,(H2,24,25,26);1H. The molecule has 1 saturated carbocycles. The van der Waals surface area contributed by atoms with E-state index in [4.69, 9.17) is 11.6 Å². The monoisotopic (exact) mass is 548 g/mol. The molecule has 7 nitrogen and oxygen atoms in total. The number of rotatable bonds is 5. The summed E-state index contributed by atoms with van der Waals surface area (Å²) in [5.74, 6) is 2.16. The highest BCUT2D eigenvalue weighted by Crippen LogP contribution is 2.26. The Labute approximate surface area is 202 Å². The highest BCUT2D eigenvalue weighted by molar-refractivity contribution is 14.0. The molecule has 2 heterocycles. The molecule has 1 aromatic heterocycles. The summed E-state index contributed by atoms with van der Waals surface area (Å²) in [6.07, 6.45) is 7.64. The molecule has 3 atom stereocenters. The van der Waals surface area contributed by atoms with Crippen molar-refractivity contribution >= 4 is 53.3 Å². The molecule has 1 aromatic rings. The Morgan fingerprint density at radius 2 is 2.07 bits per heavy atom. The van der Waals surface area contributed by atoms with Crippen LogP contribution < -0.4 is 15.5 Å². The molecule has 3 unspecified atom stereocenters. The van der Waals surface area contributed by atoms with Gasteiger partial charge in [-0.05, 0) is 37.3 Å². The predicted octanol–water partition coefficient (Wildman–Crippen LogP) is 3.13. The smallest absolute Gasteiger partial charge is 0.243 e. The van der Waals surface area contributed by atoms with Crippen molar-refractivity contribution in [2.24, 2.45) is 10.9 Å². The average molecular weight is 549 g/mol. The number of hydrogen-bond donors (Lipinski definition) is 2. The van der Waals surface area contributed by atoms with E-state index in [1.165, 1.54) is 19.3 Å². The predicted molar refractivity (Wildman–Crippen MR) is 134 cm³/mol. The number of anilines is 1. The minimum atomic E-state index is -0.00360. The van der Waals surface area contributed by atoms with Crippen LogP contribution in [0.2, 0.25) is 5.02 Å². The number of pyridine rings is 1. The lowest BCUT2D eigenvalue weighted by molar-refractivity contribution is -0.127. The fourth-order valence-corrected chi connectivity index (χ4v) is 4.24. The largest absolute Gasteiger partial charge is 0.353 e. The molecule has 0 bridgehead atoms. The molecular formula is C21H34ClIN6O. The summed E-state index contributed by atoms with van der Waals surface area (Å²) < 4.78 is 0. The van der Waals surface area contributed by atoms with Crippen LogP contribution in [-0.2, 0) is 4.79 Å². The third kappa shape index (κ3) is 6.87. The fourth-order valence-electron chi connectivity index (χ4n) is 4.00. The van der Waals surface area contributed by atoms with Crippen molar-refractivity contribution in [2.75, 3.05) is 38.6 Å². The van der Waals surface area contributed by atoms with Gasteiger partial charge in [0.05, 0.1) is 5.02 Å². The first kappa shape index (κ1) is 25.0. The van der Waals surface area contributed by atoms with E-state index in [1.807, 2.05) is 12.1 Å². The quantitative estimate of drug-likeness (QED) is 0.336. The minimum Gasteiger partial charge on any atom is -0.353 e. The van der Waals surface area contributed by atoms with Crippen molar-refractivity contribution in [1.82, 2.24) is 20.5 Å². The maximum atomic E-state index is 12.0. The van der Waals surface area contributed by atoms with Crippen LogP contribution in [0.15, 0.2) is 23.3 Å². The van der Waals surface area contributed by atoms with Gasteiger partial charge in [0.15, 0.2) is 5.96 Å². The van der Waals surface area contributed by atoms with Crippen LogP contribution >= 0.6 is 35.6 Å². The summed E-state index contributed by atoms with van der Waals surface area (Å²) in [5.41, 5.74) is 0. The number of carbonyl (C=O) groups is 1. The second-order valence-corrected chi connectivity index (χ2v) is 8.76. The third-order valence-corrected chi connectivity index (χ3v) is 6.17. The topological polar surface area (TPSA) is 72.9 Å². The van der Waals surface area contributed by atoms with Crippen LogP contribution in [0.3, 0.4) is 0 Å². The zero-order valence-corrected chi connectivity index (χ0v) is 21.2. The number of aromatic nitrogens is 1. The van der Waals surface area contributed by atoms with Crippen molar-refractivity contribution in [2.45, 2.75) is 51.1 Å². The number of amides is 1. The van der Waals surface area contributed by atoms with Gasteiger partial charge in [-0.3, -0.25) is 4.79 Å². The minimum absolute atomic E-state index is 0. The Hall–Kier alpha value is -1.29. The molecule has 0 spiro atoms. The molecule has 168 valence electrons. The van der Waals surface area contributed by atoms with E-state index in [1.54, 1.807) is 25.2 Å². The summed E-state index contributed by atoms with van der Waals surface area (Å²) in [5, 5.41) is 7.83. The van der Waals surface area contributed by atoms with Crippen molar-refractivity contribution in [3.63, 3.8) is 0 Å². The molecule has 2 fully saturated rings. The first-order chi connectivity index (χ1) is 13.9. The summed E-state index contributed by atoms with van der Waals surface area (Å²) in [6, 6.07) is 4.34. The Morgan fingerprint density at radius 3 is 2.77 bits per heavy atom. The van der Waals surface area contributed by atoms with E-state index in [-0.39, 0.29) is 42.5 Å². The first-order valence-electron chi connectivity index (χ1n) is 10.6. The Bertz CT molecular complexity index is 731. The number of hydrogen-bond acceptors (Lipinski definition) is 4. The summed E-state index contributed by atoms with van der Waals surface area (Å²) >= 11 is 6.31. The highest BCUT2D eigenvalue weighted by Gasteiger charge is 2.27. The van der Waals surface area contributed by atoms with Crippen molar-refractivity contribution in [1.29, 1.82) is 0 Å². The van der Waals surface area contributed by atoms with Crippen LogP contribution in [0.5, 0.6) is 0 Å². The summed E-state index contributed by atoms with van der Waals surface area (Å²) in [4.78, 5) is 24.8. The number of halogens is 2. The van der Waals surface area contributed by atoms with E-state index in [9.17, 15) is 4.79 Å². The van der Waals surface area contributed by atoms with Gasteiger partial charge in [-0.2, -0.15) is 0 Å². The number of nitrogens with zero attached hydrogens (tertiary/aromatic N) is 4. The molecule has 30 heavy (non-hydrogen) atoms. The van der Waals surface area contributed by atoms with Crippen LogP contribution in [0, 0.1) is 5.92 Å². The highest BCUT2D eigenvalue weighted by atomic mass is 127. The second-order valence-electron chi connectivity index (χ2n) is 8.35. The van der Waals surface area contributed by atoms with E-state index in [0.717, 1.165) is 37.7 Å². The lowest BCUT2D eigenvalue weighted by Crippen LogP contribution is -2.51. The van der Waals surface area contributed by atoms with Crippen molar-refractivity contribution < 1.29 is 4.79 Å². The number of likely N-dealkylation sites (N-methyl/N-ethyl adjacent to an activating group) is 1. The maximum absolute atomic E-state index is 12.0. The average Bonchev–Trinajstić information content (AvgIpc) is 3.16. The zero-order valence-electron chi connectivity index (χ0n) is 18.1. The Morgan fingerprint density at radius 1 is 1.30 bits per heavy atom. The molecule has 2 aliphatic rings. The van der Waals surface area contributed by atoms with Gasteiger partial charge in [-0.25, -0.2) is 9.98 Å². The molecule has 1 saturated heterocycles. The maximum Gasteiger partial charge on any atom is 0.243 e. The van der Waals surface area contributed by atoms with Gasteiger partial charge in [-0.15, -0.1) is 24.0 Å². The number of nitrogens with one attached hydrogen (secondary N) is 2. The van der Waals surface area contributed by atoms with E-state index in [2.05, 4.69) is 32.4 Å². The third-order valence-electron chi connectivity index (χ3n) is 5.87. The number of carbonyl (C=O) groups excluding carboxylic acids is 1. The first-order valence-corrected chi connectivity index (χ1v) is 10.9. The van der Waals surface area contributed by atoms with Crippen LogP contribution in [0.25, 0.3) is 0 Å². The fraction of sp³-hybridized carbons (Fsp3) is 0.667. The van der Waals surface area contributed by atoms with Crippen LogP contribution in [-0.4, -0.2) is 67.6 Å². The van der Waals surface area contributed by atoms with E-state index < -0.39 is 0 Å². The van der Waals surface area contributed by atoms with E-state index >= 15 is 0 Å². The SMILES string of the molecule is CC1CCCCC1NC(=NCC(=O)N(C)C)NC1CCN(c2ncccc2Cl)C1.I. The van der Waals surface area contributed by atoms with Gasteiger partial charge in [0.1, 0.15) is 12.4 Å². The van der Waals surface area contributed by atoms with Gasteiger partial charge >= 0.3 is 0 Å². The molecule has 9 heteroatoms. The molecular weight excluding hydrogens is 515 g/mol. The molecule has 0 radical (unpaired) electrons. The van der Waals surface area contributed by atoms with Crippen molar-refractivity contribution in [3.05, 3.63) is 23.4 Å². The van der Waals surface area contributed by atoms with Gasteiger partial charge in [0.25, 0.3) is 0 Å². The van der Waals surface area contributed by atoms with Gasteiger partial charge in [-0.1, -0.05) is 31.4 Å². The zero-order chi connectivity index (χ0) is 20.8. The Kier molecular flexibility index (Phi) is 9.93. The van der Waals surface area contributed by atoms with Gasteiger partial charge < -0.3 is 20.4 Å². The molecule has 1 amide bonds. The molecule has 2 N–H and O–H groups in total. The van der Waals surface area contributed by atoms with Gasteiger partial charge in [0.2, 0.25) is 5.91 Å². The second kappa shape index (κ2) is 11.9. The lowest BCUT2D eigenvalue weighted by atomic mass is 9.86. The molecule has 3 rings (SSSR count). The lowest BCUT2D eigenvalue weighted by Gasteiger charge is -2.31. The van der Waals surface area contributed by atoms with E-state index in [0.29, 0.717) is 17.0 Å². The molecule has 1 aliphatic heterocycles. The number of guanidine groups is 1. The van der Waals surface area contributed by atoms with Crippen molar-refractivity contribution in [3.8, 4) is 0 Å².